The zero-order valence-corrected chi connectivity index (χ0v) is 9.96. The van der Waals surface area contributed by atoms with Gasteiger partial charge in [-0.15, -0.1) is 0 Å². The van der Waals surface area contributed by atoms with Gasteiger partial charge in [0.1, 0.15) is 5.78 Å². The fourth-order valence-electron chi connectivity index (χ4n) is 3.92. The lowest BCUT2D eigenvalue weighted by Gasteiger charge is -2.54. The molecular formula is C13H20O3. The molecule has 1 spiro atoms. The van der Waals surface area contributed by atoms with E-state index in [-0.39, 0.29) is 11.2 Å². The molecule has 2 aliphatic carbocycles. The number of hydrogen-bond acceptors (Lipinski definition) is 3. The zero-order valence-electron chi connectivity index (χ0n) is 9.96. The van der Waals surface area contributed by atoms with Crippen molar-refractivity contribution in [1.29, 1.82) is 0 Å². The molecule has 1 heterocycles. The van der Waals surface area contributed by atoms with Gasteiger partial charge in [-0.2, -0.15) is 0 Å². The minimum atomic E-state index is -0.364. The van der Waals surface area contributed by atoms with E-state index in [9.17, 15) is 4.79 Å². The smallest absolute Gasteiger partial charge is 0.174 e. The van der Waals surface area contributed by atoms with E-state index in [0.29, 0.717) is 18.1 Å². The highest BCUT2D eigenvalue weighted by Gasteiger charge is 2.59. The number of carbonyl (C=O) groups excluding carboxylic acids is 1. The first-order valence-electron chi connectivity index (χ1n) is 6.46. The summed E-state index contributed by atoms with van der Waals surface area (Å²) in [6, 6.07) is 0. The van der Waals surface area contributed by atoms with Gasteiger partial charge in [0.25, 0.3) is 0 Å². The summed E-state index contributed by atoms with van der Waals surface area (Å²) < 4.78 is 11.9. The quantitative estimate of drug-likeness (QED) is 0.633. The SMILES string of the molecule is C[C@]12CCC(=O)C[C@H]1CCCC21OCCO1. The van der Waals surface area contributed by atoms with Gasteiger partial charge in [-0.1, -0.05) is 6.92 Å². The molecule has 3 fully saturated rings. The zero-order chi connectivity index (χ0) is 11.2. The second-order valence-corrected chi connectivity index (χ2v) is 5.70. The van der Waals surface area contributed by atoms with Crippen LogP contribution in [0.3, 0.4) is 0 Å². The molecule has 0 bridgehead atoms. The first-order chi connectivity index (χ1) is 7.66. The fourth-order valence-corrected chi connectivity index (χ4v) is 3.92. The number of ether oxygens (including phenoxy) is 2. The number of Topliss-reactive ketones (excluding diaryl/α,β-unsaturated/α-hetero) is 1. The van der Waals surface area contributed by atoms with Crippen LogP contribution >= 0.6 is 0 Å². The molecule has 3 rings (SSSR count). The van der Waals surface area contributed by atoms with E-state index in [1.54, 1.807) is 0 Å². The van der Waals surface area contributed by atoms with Crippen molar-refractivity contribution < 1.29 is 14.3 Å². The van der Waals surface area contributed by atoms with Crippen LogP contribution < -0.4 is 0 Å². The topological polar surface area (TPSA) is 35.5 Å². The second-order valence-electron chi connectivity index (χ2n) is 5.70. The lowest BCUT2D eigenvalue weighted by atomic mass is 9.57. The Morgan fingerprint density at radius 1 is 1.25 bits per heavy atom. The standard InChI is InChI=1S/C13H20O3/c1-12-6-4-11(14)9-10(12)3-2-5-13(12)15-7-8-16-13/h10H,2-9H2,1H3/t10-,12+/m1/s1. The molecule has 16 heavy (non-hydrogen) atoms. The van der Waals surface area contributed by atoms with Gasteiger partial charge in [-0.05, 0) is 25.2 Å². The van der Waals surface area contributed by atoms with Gasteiger partial charge in [0.2, 0.25) is 0 Å². The summed E-state index contributed by atoms with van der Waals surface area (Å²) in [5, 5.41) is 0. The molecule has 90 valence electrons. The predicted molar refractivity (Wildman–Crippen MR) is 58.9 cm³/mol. The van der Waals surface area contributed by atoms with Crippen molar-refractivity contribution in [1.82, 2.24) is 0 Å². The molecule has 3 nitrogen and oxygen atoms in total. The maximum absolute atomic E-state index is 11.6. The minimum absolute atomic E-state index is 0.0651. The number of rotatable bonds is 0. The average molecular weight is 224 g/mol. The summed E-state index contributed by atoms with van der Waals surface area (Å²) in [6.45, 7) is 3.71. The van der Waals surface area contributed by atoms with Crippen LogP contribution in [0, 0.1) is 11.3 Å². The minimum Gasteiger partial charge on any atom is -0.347 e. The van der Waals surface area contributed by atoms with Gasteiger partial charge in [0, 0.05) is 24.7 Å². The third-order valence-corrected chi connectivity index (χ3v) is 4.98. The van der Waals surface area contributed by atoms with Crippen LogP contribution in [-0.4, -0.2) is 24.8 Å². The maximum Gasteiger partial charge on any atom is 0.174 e. The lowest BCUT2D eigenvalue weighted by Crippen LogP contribution is -2.56. The van der Waals surface area contributed by atoms with Crippen LogP contribution in [0.25, 0.3) is 0 Å². The Hall–Kier alpha value is -0.410. The van der Waals surface area contributed by atoms with Crippen molar-refractivity contribution in [2.75, 3.05) is 13.2 Å². The molecule has 0 aromatic rings. The first kappa shape index (κ1) is 10.7. The molecule has 0 aromatic heterocycles. The first-order valence-corrected chi connectivity index (χ1v) is 6.46. The van der Waals surface area contributed by atoms with E-state index in [0.717, 1.165) is 45.3 Å². The Morgan fingerprint density at radius 3 is 2.75 bits per heavy atom. The molecule has 3 aliphatic rings. The van der Waals surface area contributed by atoms with Crippen LogP contribution in [0.1, 0.15) is 45.4 Å². The molecule has 1 aliphatic heterocycles. The largest absolute Gasteiger partial charge is 0.347 e. The molecule has 0 radical (unpaired) electrons. The summed E-state index contributed by atoms with van der Waals surface area (Å²) >= 11 is 0. The normalized spacial score (nSPS) is 42.3. The monoisotopic (exact) mass is 224 g/mol. The Kier molecular flexibility index (Phi) is 2.37. The van der Waals surface area contributed by atoms with Crippen molar-refractivity contribution in [2.45, 2.75) is 51.2 Å². The van der Waals surface area contributed by atoms with Gasteiger partial charge < -0.3 is 9.47 Å². The van der Waals surface area contributed by atoms with Gasteiger partial charge in [0.05, 0.1) is 13.2 Å². The Morgan fingerprint density at radius 2 is 2.00 bits per heavy atom. The summed E-state index contributed by atoms with van der Waals surface area (Å²) in [6.07, 6.45) is 5.70. The summed E-state index contributed by atoms with van der Waals surface area (Å²) in [5.74, 6) is 0.537. The fraction of sp³-hybridized carbons (Fsp3) is 0.923. The molecule has 2 atom stereocenters. The van der Waals surface area contributed by atoms with E-state index in [1.165, 1.54) is 0 Å². The molecule has 1 saturated heterocycles. The Balaban J connectivity index is 1.93. The highest BCUT2D eigenvalue weighted by Crippen LogP contribution is 2.57. The van der Waals surface area contributed by atoms with E-state index in [2.05, 4.69) is 6.92 Å². The highest BCUT2D eigenvalue weighted by molar-refractivity contribution is 5.79. The van der Waals surface area contributed by atoms with Crippen molar-refractivity contribution in [3.8, 4) is 0 Å². The Bertz CT molecular complexity index is 306. The van der Waals surface area contributed by atoms with Crippen LogP contribution in [0.2, 0.25) is 0 Å². The van der Waals surface area contributed by atoms with E-state index in [4.69, 9.17) is 9.47 Å². The third kappa shape index (κ3) is 1.31. The molecule has 2 saturated carbocycles. The molecule has 0 amide bonds. The summed E-state index contributed by atoms with van der Waals surface area (Å²) in [4.78, 5) is 11.6. The van der Waals surface area contributed by atoms with Gasteiger partial charge in [-0.3, -0.25) is 4.79 Å². The van der Waals surface area contributed by atoms with Crippen LogP contribution in [0.4, 0.5) is 0 Å². The highest BCUT2D eigenvalue weighted by atomic mass is 16.7. The van der Waals surface area contributed by atoms with Crippen LogP contribution in [-0.2, 0) is 14.3 Å². The molecular weight excluding hydrogens is 204 g/mol. The second kappa shape index (κ2) is 3.54. The number of hydrogen-bond donors (Lipinski definition) is 0. The number of carbonyl (C=O) groups is 1. The van der Waals surface area contributed by atoms with Crippen molar-refractivity contribution in [2.24, 2.45) is 11.3 Å². The van der Waals surface area contributed by atoms with E-state index < -0.39 is 0 Å². The third-order valence-electron chi connectivity index (χ3n) is 4.98. The van der Waals surface area contributed by atoms with Gasteiger partial charge in [-0.25, -0.2) is 0 Å². The van der Waals surface area contributed by atoms with Crippen LogP contribution in [0.15, 0.2) is 0 Å². The van der Waals surface area contributed by atoms with Crippen molar-refractivity contribution >= 4 is 5.78 Å². The maximum atomic E-state index is 11.6. The van der Waals surface area contributed by atoms with Crippen molar-refractivity contribution in [3.05, 3.63) is 0 Å². The molecule has 0 unspecified atom stereocenters. The number of fused-ring (bicyclic) bond motifs is 2. The lowest BCUT2D eigenvalue weighted by molar-refractivity contribution is -0.273. The van der Waals surface area contributed by atoms with Crippen LogP contribution in [0.5, 0.6) is 0 Å². The van der Waals surface area contributed by atoms with E-state index in [1.807, 2.05) is 0 Å². The molecule has 0 aromatic carbocycles. The summed E-state index contributed by atoms with van der Waals surface area (Å²) in [5.41, 5.74) is 0.0651. The van der Waals surface area contributed by atoms with Gasteiger partial charge in [0.15, 0.2) is 5.79 Å². The summed E-state index contributed by atoms with van der Waals surface area (Å²) in [7, 11) is 0. The Labute approximate surface area is 96.5 Å². The van der Waals surface area contributed by atoms with E-state index >= 15 is 0 Å². The van der Waals surface area contributed by atoms with Crippen molar-refractivity contribution in [3.63, 3.8) is 0 Å². The number of ketones is 1. The molecule has 0 N–H and O–H groups in total. The molecule has 3 heteroatoms. The average Bonchev–Trinajstić information content (AvgIpc) is 2.72. The van der Waals surface area contributed by atoms with Gasteiger partial charge >= 0.3 is 0 Å². The predicted octanol–water partition coefficient (Wildman–Crippen LogP) is 2.29.